The van der Waals surface area contributed by atoms with Crippen molar-refractivity contribution in [3.05, 3.63) is 69.8 Å². The Labute approximate surface area is 160 Å². The summed E-state index contributed by atoms with van der Waals surface area (Å²) in [5.41, 5.74) is 6.88. The van der Waals surface area contributed by atoms with E-state index in [2.05, 4.69) is 11.2 Å². The number of allylic oxidation sites excluding steroid dienone is 1. The van der Waals surface area contributed by atoms with E-state index < -0.39 is 28.4 Å². The van der Waals surface area contributed by atoms with Crippen LogP contribution >= 0.6 is 0 Å². The molecule has 0 aromatic heterocycles. The molecule has 1 aliphatic heterocycles. The predicted octanol–water partition coefficient (Wildman–Crippen LogP) is 2.51. The number of hydrazone groups is 1. The third-order valence-corrected chi connectivity index (χ3v) is 4.20. The van der Waals surface area contributed by atoms with Gasteiger partial charge in [-0.05, 0) is 29.8 Å². The van der Waals surface area contributed by atoms with E-state index in [1.165, 1.54) is 23.2 Å². The quantitative estimate of drug-likeness (QED) is 0.473. The second-order valence-corrected chi connectivity index (χ2v) is 5.94. The smallest absolute Gasteiger partial charge is 0.311 e. The van der Waals surface area contributed by atoms with Crippen LogP contribution in [-0.2, 0) is 0 Å². The van der Waals surface area contributed by atoms with Gasteiger partial charge >= 0.3 is 5.69 Å². The summed E-state index contributed by atoms with van der Waals surface area (Å²) in [6.45, 7) is 0. The van der Waals surface area contributed by atoms with Crippen molar-refractivity contribution < 1.29 is 10.0 Å². The zero-order chi connectivity index (χ0) is 20.3. The maximum absolute atomic E-state index is 11.0. The molecular formula is C19H14N6O3. The third-order valence-electron chi connectivity index (χ3n) is 4.20. The van der Waals surface area contributed by atoms with Crippen molar-refractivity contribution in [2.75, 3.05) is 5.01 Å². The first-order valence-corrected chi connectivity index (χ1v) is 8.14. The number of rotatable bonds is 4. The predicted molar refractivity (Wildman–Crippen MR) is 102 cm³/mol. The van der Waals surface area contributed by atoms with Gasteiger partial charge in [0.2, 0.25) is 0 Å². The SMILES string of the molecule is N#CC(=Cc1ccc(O)c([N+](=O)[O-])c1)C1=NN(c2ccccc2)C(N)C1C#N. The van der Waals surface area contributed by atoms with Gasteiger partial charge in [-0.15, -0.1) is 0 Å². The Hall–Kier alpha value is -4.21. The average Bonchev–Trinajstić information content (AvgIpc) is 3.03. The van der Waals surface area contributed by atoms with E-state index in [1.54, 1.807) is 24.3 Å². The molecule has 0 radical (unpaired) electrons. The number of nitrogens with zero attached hydrogens (tertiary/aromatic N) is 5. The minimum absolute atomic E-state index is 0.0559. The number of para-hydroxylation sites is 1. The minimum Gasteiger partial charge on any atom is -0.502 e. The van der Waals surface area contributed by atoms with E-state index in [4.69, 9.17) is 5.73 Å². The third kappa shape index (κ3) is 3.38. The number of hydrogen-bond donors (Lipinski definition) is 2. The lowest BCUT2D eigenvalue weighted by molar-refractivity contribution is -0.385. The molecule has 0 saturated heterocycles. The molecule has 2 aromatic carbocycles. The molecule has 1 aliphatic rings. The first-order valence-electron chi connectivity index (χ1n) is 8.14. The van der Waals surface area contributed by atoms with Crippen molar-refractivity contribution in [2.45, 2.75) is 6.17 Å². The van der Waals surface area contributed by atoms with Crippen LogP contribution in [0.1, 0.15) is 5.56 Å². The summed E-state index contributed by atoms with van der Waals surface area (Å²) in [4.78, 5) is 10.3. The van der Waals surface area contributed by atoms with Crippen LogP contribution in [-0.4, -0.2) is 21.9 Å². The van der Waals surface area contributed by atoms with Gasteiger partial charge < -0.3 is 10.8 Å². The summed E-state index contributed by atoms with van der Waals surface area (Å²) in [6, 6.07) is 16.8. The van der Waals surface area contributed by atoms with Crippen molar-refractivity contribution in [1.82, 2.24) is 0 Å². The van der Waals surface area contributed by atoms with E-state index in [1.807, 2.05) is 12.1 Å². The Morgan fingerprint density at radius 2 is 2.00 bits per heavy atom. The summed E-state index contributed by atoms with van der Waals surface area (Å²) >= 11 is 0. The molecule has 0 bridgehead atoms. The van der Waals surface area contributed by atoms with Crippen LogP contribution in [0.25, 0.3) is 6.08 Å². The van der Waals surface area contributed by atoms with Gasteiger partial charge in [-0.2, -0.15) is 15.6 Å². The van der Waals surface area contributed by atoms with E-state index in [0.29, 0.717) is 11.3 Å². The number of nitro groups is 1. The van der Waals surface area contributed by atoms with Crippen molar-refractivity contribution >= 4 is 23.2 Å². The molecule has 9 heteroatoms. The maximum atomic E-state index is 11.0. The number of phenolic OH excluding ortho intramolecular Hbond substituents is 1. The number of aromatic hydroxyl groups is 1. The molecular weight excluding hydrogens is 360 g/mol. The van der Waals surface area contributed by atoms with E-state index in [9.17, 15) is 25.7 Å². The Kier molecular flexibility index (Phi) is 5.03. The molecule has 0 saturated carbocycles. The first-order chi connectivity index (χ1) is 13.5. The first kappa shape index (κ1) is 18.6. The van der Waals surface area contributed by atoms with Gasteiger partial charge in [0.25, 0.3) is 0 Å². The highest BCUT2D eigenvalue weighted by molar-refractivity contribution is 6.11. The van der Waals surface area contributed by atoms with Gasteiger partial charge in [-0.3, -0.25) is 10.1 Å². The largest absolute Gasteiger partial charge is 0.502 e. The average molecular weight is 374 g/mol. The number of benzene rings is 2. The van der Waals surface area contributed by atoms with E-state index >= 15 is 0 Å². The molecule has 0 spiro atoms. The molecule has 9 nitrogen and oxygen atoms in total. The second kappa shape index (κ2) is 7.58. The molecule has 2 unspecified atom stereocenters. The van der Waals surface area contributed by atoms with Crippen LogP contribution in [0.2, 0.25) is 0 Å². The van der Waals surface area contributed by atoms with E-state index in [0.717, 1.165) is 6.07 Å². The van der Waals surface area contributed by atoms with Gasteiger partial charge in [-0.1, -0.05) is 24.3 Å². The molecule has 0 aliphatic carbocycles. The lowest BCUT2D eigenvalue weighted by Gasteiger charge is -2.21. The number of nitriles is 2. The monoisotopic (exact) mass is 374 g/mol. The van der Waals surface area contributed by atoms with Crippen LogP contribution in [0.15, 0.2) is 59.2 Å². The summed E-state index contributed by atoms with van der Waals surface area (Å²) in [7, 11) is 0. The Morgan fingerprint density at radius 1 is 1.29 bits per heavy atom. The fourth-order valence-corrected chi connectivity index (χ4v) is 2.82. The number of anilines is 1. The highest BCUT2D eigenvalue weighted by Gasteiger charge is 2.37. The van der Waals surface area contributed by atoms with Crippen LogP contribution in [0.4, 0.5) is 11.4 Å². The lowest BCUT2D eigenvalue weighted by Crippen LogP contribution is -2.40. The molecule has 138 valence electrons. The number of nitrogens with two attached hydrogens (primary N) is 1. The van der Waals surface area contributed by atoms with Crippen LogP contribution in [0.3, 0.4) is 0 Å². The number of hydrogen-bond acceptors (Lipinski definition) is 8. The Balaban J connectivity index is 2.05. The normalized spacial score (nSPS) is 18.9. The van der Waals surface area contributed by atoms with Gasteiger partial charge in [0.1, 0.15) is 18.2 Å². The summed E-state index contributed by atoms with van der Waals surface area (Å²) < 4.78 is 0. The molecule has 0 fully saturated rings. The maximum Gasteiger partial charge on any atom is 0.311 e. The fraction of sp³-hybridized carbons (Fsp3) is 0.105. The summed E-state index contributed by atoms with van der Waals surface area (Å²) in [6.07, 6.45) is 0.588. The molecule has 3 rings (SSSR count). The molecule has 0 amide bonds. The van der Waals surface area contributed by atoms with Crippen LogP contribution in [0.5, 0.6) is 5.75 Å². The fourth-order valence-electron chi connectivity index (χ4n) is 2.82. The second-order valence-electron chi connectivity index (χ2n) is 5.94. The number of nitro benzene ring substituents is 1. The highest BCUT2D eigenvalue weighted by Crippen LogP contribution is 2.30. The molecule has 2 aromatic rings. The zero-order valence-electron chi connectivity index (χ0n) is 14.4. The van der Waals surface area contributed by atoms with Gasteiger partial charge in [0.15, 0.2) is 5.75 Å². The van der Waals surface area contributed by atoms with Gasteiger partial charge in [0, 0.05) is 6.07 Å². The van der Waals surface area contributed by atoms with Gasteiger partial charge in [0.05, 0.1) is 28.0 Å². The molecule has 3 N–H and O–H groups in total. The van der Waals surface area contributed by atoms with Crippen molar-refractivity contribution in [2.24, 2.45) is 16.8 Å². The summed E-state index contributed by atoms with van der Waals surface area (Å²) in [5, 5.41) is 45.5. The van der Waals surface area contributed by atoms with Gasteiger partial charge in [-0.25, -0.2) is 5.01 Å². The number of phenols is 1. The van der Waals surface area contributed by atoms with Crippen molar-refractivity contribution in [3.8, 4) is 17.9 Å². The minimum atomic E-state index is -0.863. The van der Waals surface area contributed by atoms with Crippen molar-refractivity contribution in [1.29, 1.82) is 10.5 Å². The topological polar surface area (TPSA) is 153 Å². The molecule has 1 heterocycles. The Morgan fingerprint density at radius 3 is 2.61 bits per heavy atom. The zero-order valence-corrected chi connectivity index (χ0v) is 14.4. The Bertz CT molecular complexity index is 1070. The highest BCUT2D eigenvalue weighted by atomic mass is 16.6. The molecule has 28 heavy (non-hydrogen) atoms. The molecule has 2 atom stereocenters. The lowest BCUT2D eigenvalue weighted by atomic mass is 9.95. The van der Waals surface area contributed by atoms with Crippen LogP contribution in [0, 0.1) is 38.7 Å². The standard InChI is InChI=1S/C19H14N6O3/c20-10-13(8-12-6-7-17(26)16(9-12)25(27)28)18-15(11-21)19(22)24(23-18)14-4-2-1-3-5-14/h1-9,15,19,26H,22H2. The van der Waals surface area contributed by atoms with E-state index in [-0.39, 0.29) is 11.3 Å². The van der Waals surface area contributed by atoms with Crippen LogP contribution < -0.4 is 10.7 Å². The summed E-state index contributed by atoms with van der Waals surface area (Å²) in [5.74, 6) is -1.34. The van der Waals surface area contributed by atoms with Crippen molar-refractivity contribution in [3.63, 3.8) is 0 Å².